The topological polar surface area (TPSA) is 47.6 Å². The molecule has 4 nitrogen and oxygen atoms in total. The van der Waals surface area contributed by atoms with Crippen molar-refractivity contribution in [2.45, 2.75) is 6.42 Å². The van der Waals surface area contributed by atoms with Gasteiger partial charge in [0.1, 0.15) is 11.6 Å². The highest BCUT2D eigenvalue weighted by molar-refractivity contribution is 5.94. The fourth-order valence-corrected chi connectivity index (χ4v) is 1.41. The van der Waals surface area contributed by atoms with Crippen LogP contribution >= 0.6 is 0 Å². The molecule has 0 aliphatic heterocycles. The highest BCUT2D eigenvalue weighted by atomic mass is 19.1. The zero-order chi connectivity index (χ0) is 14.1. The Balaban J connectivity index is 2.39. The molecule has 5 heteroatoms. The van der Waals surface area contributed by atoms with E-state index in [0.29, 0.717) is 25.5 Å². The molecule has 0 radical (unpaired) electrons. The normalized spacial score (nSPS) is 10.0. The Morgan fingerprint density at radius 3 is 2.89 bits per heavy atom. The lowest BCUT2D eigenvalue weighted by atomic mass is 10.2. The van der Waals surface area contributed by atoms with Crippen LogP contribution in [0.15, 0.2) is 30.9 Å². The van der Waals surface area contributed by atoms with Crippen molar-refractivity contribution in [2.24, 2.45) is 0 Å². The molecular formula is C14H18FNO3. The second-order valence-corrected chi connectivity index (χ2v) is 3.79. The summed E-state index contributed by atoms with van der Waals surface area (Å²) >= 11 is 0. The molecule has 0 saturated heterocycles. The molecule has 1 rings (SSSR count). The van der Waals surface area contributed by atoms with Gasteiger partial charge in [0.15, 0.2) is 0 Å². The van der Waals surface area contributed by atoms with Crippen molar-refractivity contribution in [1.29, 1.82) is 0 Å². The third-order valence-electron chi connectivity index (χ3n) is 2.42. The minimum Gasteiger partial charge on any atom is -0.497 e. The van der Waals surface area contributed by atoms with Gasteiger partial charge in [-0.05, 0) is 18.6 Å². The average molecular weight is 267 g/mol. The number of amides is 1. The second-order valence-electron chi connectivity index (χ2n) is 3.79. The Kier molecular flexibility index (Phi) is 6.60. The molecule has 0 fully saturated rings. The number of hydrogen-bond acceptors (Lipinski definition) is 3. The van der Waals surface area contributed by atoms with Crippen molar-refractivity contribution < 1.29 is 18.7 Å². The van der Waals surface area contributed by atoms with Gasteiger partial charge in [0.25, 0.3) is 5.91 Å². The van der Waals surface area contributed by atoms with Gasteiger partial charge in [-0.25, -0.2) is 4.39 Å². The van der Waals surface area contributed by atoms with Crippen molar-refractivity contribution >= 4 is 5.91 Å². The summed E-state index contributed by atoms with van der Waals surface area (Å²) < 4.78 is 23.7. The smallest absolute Gasteiger partial charge is 0.254 e. The van der Waals surface area contributed by atoms with Gasteiger partial charge in [-0.2, -0.15) is 0 Å². The molecule has 0 unspecified atom stereocenters. The van der Waals surface area contributed by atoms with E-state index in [4.69, 9.17) is 9.47 Å². The van der Waals surface area contributed by atoms with Gasteiger partial charge >= 0.3 is 0 Å². The molecule has 0 aromatic heterocycles. The maximum Gasteiger partial charge on any atom is 0.254 e. The van der Waals surface area contributed by atoms with Crippen LogP contribution in [-0.4, -0.2) is 32.8 Å². The molecule has 1 aromatic carbocycles. The van der Waals surface area contributed by atoms with Crippen LogP contribution in [0.25, 0.3) is 0 Å². The zero-order valence-corrected chi connectivity index (χ0v) is 10.9. The lowest BCUT2D eigenvalue weighted by Gasteiger charge is -2.07. The summed E-state index contributed by atoms with van der Waals surface area (Å²) in [5.74, 6) is -0.696. The van der Waals surface area contributed by atoms with Crippen molar-refractivity contribution in [3.8, 4) is 5.75 Å². The Hall–Kier alpha value is -1.88. The van der Waals surface area contributed by atoms with E-state index in [9.17, 15) is 9.18 Å². The Bertz CT molecular complexity index is 435. The molecule has 0 saturated carbocycles. The van der Waals surface area contributed by atoms with Gasteiger partial charge in [-0.3, -0.25) is 4.79 Å². The van der Waals surface area contributed by atoms with Gasteiger partial charge in [0, 0.05) is 12.6 Å². The molecule has 0 spiro atoms. The lowest BCUT2D eigenvalue weighted by Crippen LogP contribution is -2.28. The van der Waals surface area contributed by atoms with Gasteiger partial charge in [-0.1, -0.05) is 6.08 Å². The van der Waals surface area contributed by atoms with Gasteiger partial charge in [0.2, 0.25) is 0 Å². The third kappa shape index (κ3) is 5.09. The third-order valence-corrected chi connectivity index (χ3v) is 2.42. The van der Waals surface area contributed by atoms with Crippen LogP contribution in [0.3, 0.4) is 0 Å². The first kappa shape index (κ1) is 15.2. The Morgan fingerprint density at radius 2 is 2.26 bits per heavy atom. The molecule has 0 heterocycles. The molecular weight excluding hydrogens is 249 g/mol. The number of carbonyl (C=O) groups excluding carboxylic acids is 1. The number of nitrogens with one attached hydrogen (secondary N) is 1. The Labute approximate surface area is 112 Å². The number of benzene rings is 1. The van der Waals surface area contributed by atoms with Crippen molar-refractivity contribution in [2.75, 3.05) is 26.9 Å². The summed E-state index contributed by atoms with van der Waals surface area (Å²) in [5.41, 5.74) is -0.00751. The van der Waals surface area contributed by atoms with Crippen LogP contribution in [-0.2, 0) is 4.74 Å². The molecule has 0 bridgehead atoms. The quantitative estimate of drug-likeness (QED) is 0.580. The molecule has 1 N–H and O–H groups in total. The number of hydrogen-bond donors (Lipinski definition) is 1. The van der Waals surface area contributed by atoms with E-state index in [0.717, 1.165) is 6.42 Å². The van der Waals surface area contributed by atoms with Crippen LogP contribution < -0.4 is 10.1 Å². The second kappa shape index (κ2) is 8.26. The number of carbonyl (C=O) groups is 1. The molecule has 104 valence electrons. The predicted octanol–water partition coefficient (Wildman–Crippen LogP) is 2.16. The minimum atomic E-state index is -0.607. The molecule has 1 aromatic rings. The monoisotopic (exact) mass is 267 g/mol. The van der Waals surface area contributed by atoms with E-state index in [1.807, 2.05) is 0 Å². The summed E-state index contributed by atoms with van der Waals surface area (Å²) in [6, 6.07) is 4.11. The SMILES string of the molecule is C=CCCOCCNC(=O)c1ccc(OC)cc1F. The summed E-state index contributed by atoms with van der Waals surface area (Å²) in [6.07, 6.45) is 2.52. The number of methoxy groups -OCH3 is 1. The lowest BCUT2D eigenvalue weighted by molar-refractivity contribution is 0.0914. The number of rotatable bonds is 8. The number of halogens is 1. The summed E-state index contributed by atoms with van der Waals surface area (Å²) in [5, 5.41) is 2.58. The molecule has 19 heavy (non-hydrogen) atoms. The van der Waals surface area contributed by atoms with Crippen LogP contribution in [0.1, 0.15) is 16.8 Å². The van der Waals surface area contributed by atoms with E-state index in [1.165, 1.54) is 19.2 Å². The summed E-state index contributed by atoms with van der Waals surface area (Å²) in [4.78, 5) is 11.7. The number of ether oxygens (including phenoxy) is 2. The van der Waals surface area contributed by atoms with Gasteiger partial charge < -0.3 is 14.8 Å². The standard InChI is InChI=1S/C14H18FNO3/c1-3-4-8-19-9-7-16-14(17)12-6-5-11(18-2)10-13(12)15/h3,5-6,10H,1,4,7-9H2,2H3,(H,16,17). The largest absolute Gasteiger partial charge is 0.497 e. The first-order valence-corrected chi connectivity index (χ1v) is 5.99. The molecule has 0 aliphatic carbocycles. The van der Waals surface area contributed by atoms with E-state index in [2.05, 4.69) is 11.9 Å². The van der Waals surface area contributed by atoms with E-state index < -0.39 is 11.7 Å². The van der Waals surface area contributed by atoms with Crippen LogP contribution in [0.5, 0.6) is 5.75 Å². The minimum absolute atomic E-state index is 0.00751. The molecule has 1 amide bonds. The first-order chi connectivity index (χ1) is 9.19. The maximum atomic E-state index is 13.6. The summed E-state index contributed by atoms with van der Waals surface area (Å²) in [6.45, 7) is 4.86. The fourth-order valence-electron chi connectivity index (χ4n) is 1.41. The van der Waals surface area contributed by atoms with Crippen LogP contribution in [0.4, 0.5) is 4.39 Å². The fraction of sp³-hybridized carbons (Fsp3) is 0.357. The van der Waals surface area contributed by atoms with E-state index in [1.54, 1.807) is 12.1 Å². The van der Waals surface area contributed by atoms with Crippen molar-refractivity contribution in [1.82, 2.24) is 5.32 Å². The highest BCUT2D eigenvalue weighted by Crippen LogP contribution is 2.15. The van der Waals surface area contributed by atoms with Crippen LogP contribution in [0, 0.1) is 5.82 Å². The Morgan fingerprint density at radius 1 is 1.47 bits per heavy atom. The van der Waals surface area contributed by atoms with E-state index >= 15 is 0 Å². The zero-order valence-electron chi connectivity index (χ0n) is 10.9. The highest BCUT2D eigenvalue weighted by Gasteiger charge is 2.11. The predicted molar refractivity (Wildman–Crippen MR) is 70.9 cm³/mol. The summed E-state index contributed by atoms with van der Waals surface area (Å²) in [7, 11) is 1.44. The van der Waals surface area contributed by atoms with Crippen molar-refractivity contribution in [3.05, 3.63) is 42.2 Å². The first-order valence-electron chi connectivity index (χ1n) is 5.99. The average Bonchev–Trinajstić information content (AvgIpc) is 2.42. The maximum absolute atomic E-state index is 13.6. The van der Waals surface area contributed by atoms with Gasteiger partial charge in [-0.15, -0.1) is 6.58 Å². The van der Waals surface area contributed by atoms with Gasteiger partial charge in [0.05, 0.1) is 25.9 Å². The molecule has 0 atom stereocenters. The van der Waals surface area contributed by atoms with Crippen molar-refractivity contribution in [3.63, 3.8) is 0 Å². The van der Waals surface area contributed by atoms with E-state index in [-0.39, 0.29) is 5.56 Å². The molecule has 0 aliphatic rings. The van der Waals surface area contributed by atoms with Crippen LogP contribution in [0.2, 0.25) is 0 Å².